The molecular weight excluding hydrogens is 345 g/mol. The molecule has 0 saturated carbocycles. The zero-order valence-electron chi connectivity index (χ0n) is 15.6. The van der Waals surface area contributed by atoms with E-state index >= 15 is 0 Å². The molecule has 1 amide bonds. The van der Waals surface area contributed by atoms with Crippen molar-refractivity contribution in [3.05, 3.63) is 77.9 Å². The van der Waals surface area contributed by atoms with Crippen LogP contribution >= 0.6 is 0 Å². The van der Waals surface area contributed by atoms with Gasteiger partial charge in [0.1, 0.15) is 11.6 Å². The molecule has 0 spiro atoms. The summed E-state index contributed by atoms with van der Waals surface area (Å²) in [5.74, 6) is 0.221. The SMILES string of the molecule is CCN(C(=O)c1ccn(-c2cccc(F)c2)n1)C(C)c1cccc(OC)c1. The molecule has 0 radical (unpaired) electrons. The molecule has 1 aromatic heterocycles. The van der Waals surface area contributed by atoms with Gasteiger partial charge in [0.2, 0.25) is 0 Å². The summed E-state index contributed by atoms with van der Waals surface area (Å²) in [7, 11) is 1.62. The number of carbonyl (C=O) groups excluding carboxylic acids is 1. The van der Waals surface area contributed by atoms with E-state index < -0.39 is 0 Å². The van der Waals surface area contributed by atoms with Crippen LogP contribution < -0.4 is 4.74 Å². The molecule has 1 heterocycles. The maximum atomic E-state index is 13.4. The van der Waals surface area contributed by atoms with Gasteiger partial charge in [0.05, 0.1) is 18.8 Å². The van der Waals surface area contributed by atoms with E-state index in [9.17, 15) is 9.18 Å². The lowest BCUT2D eigenvalue weighted by atomic mass is 10.1. The van der Waals surface area contributed by atoms with Gasteiger partial charge in [0.15, 0.2) is 5.69 Å². The summed E-state index contributed by atoms with van der Waals surface area (Å²) >= 11 is 0. The lowest BCUT2D eigenvalue weighted by molar-refractivity contribution is 0.0695. The molecule has 0 aliphatic rings. The molecule has 0 aliphatic carbocycles. The monoisotopic (exact) mass is 367 g/mol. The van der Waals surface area contributed by atoms with Crippen LogP contribution in [0.2, 0.25) is 0 Å². The highest BCUT2D eigenvalue weighted by molar-refractivity contribution is 5.92. The van der Waals surface area contributed by atoms with Crippen LogP contribution in [0.4, 0.5) is 4.39 Å². The average molecular weight is 367 g/mol. The Labute approximate surface area is 158 Å². The predicted molar refractivity (Wildman–Crippen MR) is 102 cm³/mol. The second-order valence-corrected chi connectivity index (χ2v) is 6.17. The van der Waals surface area contributed by atoms with Gasteiger partial charge < -0.3 is 9.64 Å². The molecule has 140 valence electrons. The number of carbonyl (C=O) groups is 1. The van der Waals surface area contributed by atoms with E-state index in [1.807, 2.05) is 38.1 Å². The highest BCUT2D eigenvalue weighted by Gasteiger charge is 2.23. The average Bonchev–Trinajstić information content (AvgIpc) is 3.18. The van der Waals surface area contributed by atoms with Crippen molar-refractivity contribution in [2.45, 2.75) is 19.9 Å². The third-order valence-electron chi connectivity index (χ3n) is 4.53. The molecule has 1 unspecified atom stereocenters. The molecule has 0 bridgehead atoms. The molecule has 0 saturated heterocycles. The van der Waals surface area contributed by atoms with E-state index in [-0.39, 0.29) is 17.8 Å². The maximum Gasteiger partial charge on any atom is 0.274 e. The third-order valence-corrected chi connectivity index (χ3v) is 4.53. The van der Waals surface area contributed by atoms with Crippen molar-refractivity contribution in [2.75, 3.05) is 13.7 Å². The van der Waals surface area contributed by atoms with Gasteiger partial charge in [-0.15, -0.1) is 0 Å². The van der Waals surface area contributed by atoms with Gasteiger partial charge >= 0.3 is 0 Å². The van der Waals surface area contributed by atoms with E-state index in [1.54, 1.807) is 36.4 Å². The quantitative estimate of drug-likeness (QED) is 0.655. The second-order valence-electron chi connectivity index (χ2n) is 6.17. The van der Waals surface area contributed by atoms with Gasteiger partial charge in [0, 0.05) is 12.7 Å². The van der Waals surface area contributed by atoms with Crippen molar-refractivity contribution >= 4 is 5.91 Å². The number of hydrogen-bond donors (Lipinski definition) is 0. The van der Waals surface area contributed by atoms with Crippen molar-refractivity contribution in [3.8, 4) is 11.4 Å². The van der Waals surface area contributed by atoms with E-state index in [2.05, 4.69) is 5.10 Å². The molecule has 6 heteroatoms. The number of benzene rings is 2. The number of hydrogen-bond acceptors (Lipinski definition) is 3. The lowest BCUT2D eigenvalue weighted by Gasteiger charge is -2.28. The highest BCUT2D eigenvalue weighted by Crippen LogP contribution is 2.25. The van der Waals surface area contributed by atoms with Crippen molar-refractivity contribution in [3.63, 3.8) is 0 Å². The number of rotatable bonds is 6. The summed E-state index contributed by atoms with van der Waals surface area (Å²) in [5.41, 5.74) is 1.86. The number of ether oxygens (including phenoxy) is 1. The minimum atomic E-state index is -0.349. The van der Waals surface area contributed by atoms with Gasteiger partial charge in [-0.1, -0.05) is 18.2 Å². The van der Waals surface area contributed by atoms with Crippen molar-refractivity contribution in [1.29, 1.82) is 0 Å². The van der Waals surface area contributed by atoms with Crippen LogP contribution in [0.15, 0.2) is 60.8 Å². The first kappa shape index (κ1) is 18.6. The van der Waals surface area contributed by atoms with Crippen LogP contribution in [-0.4, -0.2) is 34.2 Å². The fourth-order valence-corrected chi connectivity index (χ4v) is 3.02. The Morgan fingerprint density at radius 1 is 1.22 bits per heavy atom. The van der Waals surface area contributed by atoms with Crippen molar-refractivity contribution in [2.24, 2.45) is 0 Å². The molecule has 5 nitrogen and oxygen atoms in total. The Morgan fingerprint density at radius 2 is 2.00 bits per heavy atom. The van der Waals surface area contributed by atoms with Crippen molar-refractivity contribution in [1.82, 2.24) is 14.7 Å². The Balaban J connectivity index is 1.84. The standard InChI is InChI=1S/C21H22FN3O2/c1-4-24(15(2)16-7-5-10-19(13-16)27-3)21(26)20-11-12-25(23-20)18-9-6-8-17(22)14-18/h5-15H,4H2,1-3H3. The molecule has 27 heavy (non-hydrogen) atoms. The van der Waals surface area contributed by atoms with Crippen LogP contribution in [0.5, 0.6) is 5.75 Å². The third kappa shape index (κ3) is 4.00. The number of nitrogens with zero attached hydrogens (tertiary/aromatic N) is 3. The Morgan fingerprint density at radius 3 is 2.70 bits per heavy atom. The Hall–Kier alpha value is -3.15. The largest absolute Gasteiger partial charge is 0.497 e. The molecule has 0 N–H and O–H groups in total. The second kappa shape index (κ2) is 8.03. The summed E-state index contributed by atoms with van der Waals surface area (Å²) in [6.07, 6.45) is 1.66. The van der Waals surface area contributed by atoms with E-state index in [0.29, 0.717) is 17.9 Å². The Kier molecular flexibility index (Phi) is 5.54. The van der Waals surface area contributed by atoms with Crippen LogP contribution in [0.1, 0.15) is 35.9 Å². The zero-order chi connectivity index (χ0) is 19.4. The minimum absolute atomic E-state index is 0.142. The topological polar surface area (TPSA) is 47.4 Å². The number of aromatic nitrogens is 2. The first-order chi connectivity index (χ1) is 13.0. The zero-order valence-corrected chi connectivity index (χ0v) is 15.6. The van der Waals surface area contributed by atoms with Gasteiger partial charge in [-0.3, -0.25) is 4.79 Å². The predicted octanol–water partition coefficient (Wildman–Crippen LogP) is 4.24. The normalized spacial score (nSPS) is 11.9. The van der Waals surface area contributed by atoms with Gasteiger partial charge in [-0.05, 0) is 55.8 Å². The molecule has 3 aromatic rings. The molecule has 3 rings (SSSR count). The Bertz CT molecular complexity index is 938. The molecule has 2 aromatic carbocycles. The summed E-state index contributed by atoms with van der Waals surface area (Å²) in [6.45, 7) is 4.43. The van der Waals surface area contributed by atoms with Crippen molar-refractivity contribution < 1.29 is 13.9 Å². The number of amides is 1. The summed E-state index contributed by atoms with van der Waals surface area (Å²) in [6, 6.07) is 15.3. The summed E-state index contributed by atoms with van der Waals surface area (Å²) in [5, 5.41) is 4.33. The molecular formula is C21H22FN3O2. The van der Waals surface area contributed by atoms with Crippen LogP contribution in [0.3, 0.4) is 0 Å². The van der Waals surface area contributed by atoms with E-state index in [0.717, 1.165) is 11.3 Å². The number of methoxy groups -OCH3 is 1. The van der Waals surface area contributed by atoms with Crippen LogP contribution in [0, 0.1) is 5.82 Å². The summed E-state index contributed by atoms with van der Waals surface area (Å²) in [4.78, 5) is 14.7. The van der Waals surface area contributed by atoms with E-state index in [1.165, 1.54) is 16.8 Å². The highest BCUT2D eigenvalue weighted by atomic mass is 19.1. The van der Waals surface area contributed by atoms with Crippen LogP contribution in [-0.2, 0) is 0 Å². The fraction of sp³-hybridized carbons (Fsp3) is 0.238. The number of halogens is 1. The maximum absolute atomic E-state index is 13.4. The first-order valence-electron chi connectivity index (χ1n) is 8.80. The van der Waals surface area contributed by atoms with Gasteiger partial charge in [0.25, 0.3) is 5.91 Å². The van der Waals surface area contributed by atoms with Crippen LogP contribution in [0.25, 0.3) is 5.69 Å². The van der Waals surface area contributed by atoms with Gasteiger partial charge in [-0.2, -0.15) is 5.10 Å². The molecule has 0 aliphatic heterocycles. The minimum Gasteiger partial charge on any atom is -0.497 e. The first-order valence-corrected chi connectivity index (χ1v) is 8.80. The fourth-order valence-electron chi connectivity index (χ4n) is 3.02. The summed E-state index contributed by atoms with van der Waals surface area (Å²) < 4.78 is 20.2. The molecule has 0 fully saturated rings. The molecule has 1 atom stereocenters. The lowest BCUT2D eigenvalue weighted by Crippen LogP contribution is -2.33. The van der Waals surface area contributed by atoms with Gasteiger partial charge in [-0.25, -0.2) is 9.07 Å². The van der Waals surface area contributed by atoms with E-state index in [4.69, 9.17) is 4.74 Å². The smallest absolute Gasteiger partial charge is 0.274 e.